The third kappa shape index (κ3) is 7.32. The van der Waals surface area contributed by atoms with E-state index in [1.807, 2.05) is 0 Å². The summed E-state index contributed by atoms with van der Waals surface area (Å²) in [6.07, 6.45) is 0.402. The van der Waals surface area contributed by atoms with Crippen molar-refractivity contribution in [3.8, 4) is 34.4 Å². The highest BCUT2D eigenvalue weighted by atomic mass is 32.2. The van der Waals surface area contributed by atoms with Crippen molar-refractivity contribution >= 4 is 26.2 Å². The van der Waals surface area contributed by atoms with Gasteiger partial charge in [0.1, 0.15) is 0 Å². The van der Waals surface area contributed by atoms with E-state index in [9.17, 15) is 48.0 Å². The van der Waals surface area contributed by atoms with E-state index in [0.717, 1.165) is 0 Å². The average molecular weight is 696 g/mol. The lowest BCUT2D eigenvalue weighted by atomic mass is 9.75. The molecule has 0 saturated carbocycles. The number of nitrogens with zero attached hydrogens (tertiary/aromatic N) is 1. The molecule has 20 heteroatoms. The van der Waals surface area contributed by atoms with Crippen molar-refractivity contribution in [2.24, 2.45) is 5.92 Å². The summed E-state index contributed by atoms with van der Waals surface area (Å²) in [5.41, 5.74) is -14.5. The van der Waals surface area contributed by atoms with Crippen LogP contribution in [0.25, 0.3) is 11.3 Å². The quantitative estimate of drug-likeness (QED) is 0.0994. The predicted octanol–water partition coefficient (Wildman–Crippen LogP) is 4.71. The smallest absolute Gasteiger partial charge is 0.493 e. The summed E-state index contributed by atoms with van der Waals surface area (Å²) in [7, 11) is -9.89. The standard InChI is InChI=1S/C25H27F6NO11S2/c1-12(2)14-9-13-10-17(41-8-6-7-38-3)16(39-4)11-15(13)20-18(14)21(42-44(34,35)24(26,27)28)19(23(33)40-5)22(32-20)43-45(36,37)25(29,30)31/h10-12,14H,6-9H2,1-5H3. The van der Waals surface area contributed by atoms with Crippen LogP contribution in [0.3, 0.4) is 0 Å². The van der Waals surface area contributed by atoms with Crippen molar-refractivity contribution in [1.29, 1.82) is 0 Å². The van der Waals surface area contributed by atoms with Gasteiger partial charge in [-0.2, -0.15) is 43.2 Å². The minimum Gasteiger partial charge on any atom is -0.493 e. The molecular weight excluding hydrogens is 668 g/mol. The van der Waals surface area contributed by atoms with E-state index in [-0.39, 0.29) is 30.1 Å². The Labute approximate surface area is 253 Å². The maximum absolute atomic E-state index is 13.5. The van der Waals surface area contributed by atoms with E-state index in [1.54, 1.807) is 13.8 Å². The fraction of sp³-hybridized carbons (Fsp3) is 0.520. The first-order valence-electron chi connectivity index (χ1n) is 12.7. The monoisotopic (exact) mass is 695 g/mol. The topological polar surface area (TPSA) is 154 Å². The molecule has 0 saturated heterocycles. The lowest BCUT2D eigenvalue weighted by molar-refractivity contribution is -0.0503. The fourth-order valence-electron chi connectivity index (χ4n) is 4.40. The van der Waals surface area contributed by atoms with Crippen LogP contribution >= 0.6 is 0 Å². The average Bonchev–Trinajstić information content (AvgIpc) is 2.92. The molecule has 0 aliphatic heterocycles. The first kappa shape index (κ1) is 36.0. The summed E-state index contributed by atoms with van der Waals surface area (Å²) in [4.78, 5) is 16.6. The SMILES string of the molecule is COCCCOc1cc2c(cc1OC)-c1nc(OS(=O)(=O)C(F)(F)F)c(C(=O)OC)c(OS(=O)(=O)C(F)(F)F)c1C(C(C)C)C2. The lowest BCUT2D eigenvalue weighted by Crippen LogP contribution is -2.32. The van der Waals surface area contributed by atoms with Crippen molar-refractivity contribution in [1.82, 2.24) is 4.98 Å². The molecular formula is C25H27F6NO11S2. The highest BCUT2D eigenvalue weighted by Gasteiger charge is 2.52. The molecule has 1 aliphatic rings. The molecule has 0 bridgehead atoms. The molecule has 0 amide bonds. The van der Waals surface area contributed by atoms with Gasteiger partial charge in [0.25, 0.3) is 5.88 Å². The summed E-state index contributed by atoms with van der Waals surface area (Å²) in [6, 6.07) is 2.71. The first-order chi connectivity index (χ1) is 20.7. The van der Waals surface area contributed by atoms with E-state index in [4.69, 9.17) is 14.2 Å². The van der Waals surface area contributed by atoms with Crippen molar-refractivity contribution in [3.63, 3.8) is 0 Å². The molecule has 252 valence electrons. The number of halogens is 6. The van der Waals surface area contributed by atoms with Gasteiger partial charge in [0.05, 0.1) is 26.5 Å². The number of carbonyl (C=O) groups excluding carboxylic acids is 1. The number of rotatable bonds is 12. The van der Waals surface area contributed by atoms with Gasteiger partial charge in [-0.15, -0.1) is 0 Å². The molecule has 1 atom stereocenters. The second kappa shape index (κ2) is 13.1. The third-order valence-electron chi connectivity index (χ3n) is 6.50. The second-order valence-corrected chi connectivity index (χ2v) is 12.8. The number of benzene rings is 1. The van der Waals surface area contributed by atoms with E-state index in [2.05, 4.69) is 18.1 Å². The summed E-state index contributed by atoms with van der Waals surface area (Å²) in [5, 5.41) is 0. The van der Waals surface area contributed by atoms with Gasteiger partial charge in [-0.25, -0.2) is 9.78 Å². The summed E-state index contributed by atoms with van der Waals surface area (Å²) >= 11 is 0. The molecule has 0 fully saturated rings. The molecule has 1 heterocycles. The van der Waals surface area contributed by atoms with E-state index in [1.165, 1.54) is 26.4 Å². The van der Waals surface area contributed by atoms with Gasteiger partial charge in [-0.05, 0) is 36.0 Å². The summed E-state index contributed by atoms with van der Waals surface area (Å²) in [5.74, 6) is -6.41. The minimum atomic E-state index is -6.62. The predicted molar refractivity (Wildman–Crippen MR) is 142 cm³/mol. The molecule has 1 aromatic carbocycles. The normalized spacial score (nSPS) is 15.2. The van der Waals surface area contributed by atoms with Crippen LogP contribution in [-0.4, -0.2) is 73.3 Å². The molecule has 1 aromatic heterocycles. The molecule has 0 radical (unpaired) electrons. The lowest BCUT2D eigenvalue weighted by Gasteiger charge is -2.33. The molecule has 1 unspecified atom stereocenters. The Morgan fingerprint density at radius 1 is 0.933 bits per heavy atom. The van der Waals surface area contributed by atoms with Crippen LogP contribution in [0.4, 0.5) is 26.3 Å². The molecule has 2 aromatic rings. The van der Waals surface area contributed by atoms with Crippen LogP contribution < -0.4 is 17.8 Å². The Morgan fingerprint density at radius 2 is 1.53 bits per heavy atom. The summed E-state index contributed by atoms with van der Waals surface area (Å²) < 4.78 is 158. The number of pyridine rings is 1. The second-order valence-electron chi connectivity index (χ2n) is 9.75. The zero-order valence-electron chi connectivity index (χ0n) is 24.2. The highest BCUT2D eigenvalue weighted by Crippen LogP contribution is 2.52. The van der Waals surface area contributed by atoms with Crippen LogP contribution in [0.5, 0.6) is 23.1 Å². The Kier molecular flexibility index (Phi) is 10.4. The summed E-state index contributed by atoms with van der Waals surface area (Å²) in [6.45, 7) is 3.66. The van der Waals surface area contributed by atoms with Crippen molar-refractivity contribution < 1.29 is 75.3 Å². The molecule has 12 nitrogen and oxygen atoms in total. The number of ether oxygens (including phenoxy) is 4. The maximum atomic E-state index is 13.5. The van der Waals surface area contributed by atoms with Gasteiger partial charge in [-0.3, -0.25) is 0 Å². The van der Waals surface area contributed by atoms with Gasteiger partial charge in [0, 0.05) is 31.3 Å². The van der Waals surface area contributed by atoms with Gasteiger partial charge in [0.15, 0.2) is 22.8 Å². The van der Waals surface area contributed by atoms with E-state index < -0.39 is 77.5 Å². The Hall–Kier alpha value is -3.52. The molecule has 45 heavy (non-hydrogen) atoms. The molecule has 0 spiro atoms. The zero-order chi connectivity index (χ0) is 34.1. The van der Waals surface area contributed by atoms with E-state index in [0.29, 0.717) is 25.7 Å². The Bertz CT molecular complexity index is 1660. The Balaban J connectivity index is 2.49. The molecule has 0 N–H and O–H groups in total. The third-order valence-corrected chi connectivity index (χ3v) is 8.40. The van der Waals surface area contributed by atoms with Gasteiger partial charge < -0.3 is 27.3 Å². The molecule has 1 aliphatic carbocycles. The van der Waals surface area contributed by atoms with Crippen molar-refractivity contribution in [2.75, 3.05) is 34.5 Å². The number of methoxy groups -OCH3 is 3. The van der Waals surface area contributed by atoms with Gasteiger partial charge in [-0.1, -0.05) is 13.8 Å². The number of hydrogen-bond acceptors (Lipinski definition) is 12. The van der Waals surface area contributed by atoms with E-state index >= 15 is 0 Å². The van der Waals surface area contributed by atoms with Gasteiger partial charge >= 0.3 is 37.2 Å². The van der Waals surface area contributed by atoms with Gasteiger partial charge in [0.2, 0.25) is 0 Å². The van der Waals surface area contributed by atoms with Crippen molar-refractivity contribution in [3.05, 3.63) is 28.8 Å². The number of hydrogen-bond donors (Lipinski definition) is 0. The fourth-order valence-corrected chi connectivity index (χ4v) is 5.31. The van der Waals surface area contributed by atoms with Crippen LogP contribution in [-0.2, 0) is 36.1 Å². The highest BCUT2D eigenvalue weighted by molar-refractivity contribution is 7.88. The van der Waals surface area contributed by atoms with Crippen molar-refractivity contribution in [2.45, 2.75) is 43.6 Å². The van der Waals surface area contributed by atoms with Crippen LogP contribution in [0.2, 0.25) is 0 Å². The van der Waals surface area contributed by atoms with Crippen LogP contribution in [0.15, 0.2) is 12.1 Å². The zero-order valence-corrected chi connectivity index (χ0v) is 25.8. The Morgan fingerprint density at radius 3 is 2.04 bits per heavy atom. The largest absolute Gasteiger partial charge is 0.534 e. The maximum Gasteiger partial charge on any atom is 0.534 e. The first-order valence-corrected chi connectivity index (χ1v) is 15.5. The van der Waals surface area contributed by atoms with Crippen LogP contribution in [0.1, 0.15) is 47.7 Å². The minimum absolute atomic E-state index is 0.00900. The number of esters is 1. The number of fused-ring (bicyclic) bond motifs is 3. The molecule has 3 rings (SSSR count). The number of carbonyl (C=O) groups is 1. The number of alkyl halides is 6. The van der Waals surface area contributed by atoms with Crippen LogP contribution in [0, 0.1) is 5.92 Å². The number of aromatic nitrogens is 1.